The normalized spacial score (nSPS) is 19.3. The van der Waals surface area contributed by atoms with Crippen molar-refractivity contribution < 1.29 is 0 Å². The maximum atomic E-state index is 4.59. The highest BCUT2D eigenvalue weighted by atomic mass is 14.8. The third-order valence-electron chi connectivity index (χ3n) is 26.4. The lowest BCUT2D eigenvalue weighted by Crippen LogP contribution is -1.89. The molecular formula is C80H12N4. The molecule has 0 fully saturated rings. The van der Waals surface area contributed by atoms with Gasteiger partial charge in [-0.25, -0.2) is 20.0 Å². The van der Waals surface area contributed by atoms with Gasteiger partial charge in [0, 0.05) is 323 Å². The SMILES string of the molecule is C1=CC2=NC1=CC1=NC(=CC3=NC(=CC4=NC(=C2)C=C4)C=C3)C=C1.c12c3c4c5c1c1c6c7c2c2c8c3c3c9c4c4c%10c5c5c1c1c6c6c%11c7c2c2c7c8c3c3c8c9c4c4c9c%10c5c5c1c1c6c6c%11c2c2c7c3c3c8c4c4c9c5c1c1c6c2c3c41. The van der Waals surface area contributed by atoms with Gasteiger partial charge in [-0.1, -0.05) is 0 Å². The van der Waals surface area contributed by atoms with Gasteiger partial charge in [-0.15, -0.1) is 0 Å². The Morgan fingerprint density at radius 3 is 0.274 bits per heavy atom. The molecule has 0 radical (unpaired) electrons. The molecule has 0 aromatic heterocycles. The van der Waals surface area contributed by atoms with E-state index in [1.165, 1.54) is 0 Å². The molecule has 0 spiro atoms. The molecule has 4 nitrogen and oxygen atoms in total. The predicted octanol–water partition coefficient (Wildman–Crippen LogP) is 21.3. The number of aliphatic imine (C=N–C) groups is 4. The average molecular weight is 1030 g/mol. The van der Waals surface area contributed by atoms with Gasteiger partial charge in [-0.3, -0.25) is 0 Å². The van der Waals surface area contributed by atoms with Crippen LogP contribution in [0, 0.1) is 0 Å². The van der Waals surface area contributed by atoms with E-state index >= 15 is 0 Å². The number of allylic oxidation sites excluding steroid dienone is 12. The highest BCUT2D eigenvalue weighted by Gasteiger charge is 2.51. The van der Waals surface area contributed by atoms with Crippen molar-refractivity contribution in [2.24, 2.45) is 20.0 Å². The van der Waals surface area contributed by atoms with E-state index in [-0.39, 0.29) is 0 Å². The van der Waals surface area contributed by atoms with Gasteiger partial charge in [-0.05, 0) is 72.9 Å². The van der Waals surface area contributed by atoms with Crippen molar-refractivity contribution in [2.45, 2.75) is 0 Å². The van der Waals surface area contributed by atoms with E-state index in [0.29, 0.717) is 0 Å². The molecule has 32 aromatic carbocycles. The Hall–Kier alpha value is -11.2. The summed E-state index contributed by atoms with van der Waals surface area (Å²) in [5.41, 5.74) is 7.15. The molecule has 0 amide bonds. The third-order valence-corrected chi connectivity index (χ3v) is 26.4. The summed E-state index contributed by atoms with van der Waals surface area (Å²) in [6, 6.07) is 0. The molecule has 5 aliphatic heterocycles. The molecule has 0 atom stereocenters. The van der Waals surface area contributed by atoms with Crippen molar-refractivity contribution in [1.82, 2.24) is 0 Å². The van der Waals surface area contributed by atoms with Crippen LogP contribution in [0.3, 0.4) is 0 Å². The first-order chi connectivity index (χ1) is 41.8. The number of hydrogen-bond acceptors (Lipinski definition) is 4. The molecule has 8 bridgehead atoms. The molecule has 84 heavy (non-hydrogen) atoms. The maximum Gasteiger partial charge on any atom is 0.0659 e. The summed E-state index contributed by atoms with van der Waals surface area (Å²) < 4.78 is 0. The molecule has 5 aliphatic rings. The minimum atomic E-state index is 0.894. The Kier molecular flexibility index (Phi) is 3.23. The van der Waals surface area contributed by atoms with Crippen LogP contribution in [0.15, 0.2) is 116 Å². The van der Waals surface area contributed by atoms with Crippen molar-refractivity contribution in [3.8, 4) is 0 Å². The van der Waals surface area contributed by atoms with Crippen LogP contribution in [-0.2, 0) is 0 Å². The van der Waals surface area contributed by atoms with Gasteiger partial charge in [0.25, 0.3) is 0 Å². The standard InChI is InChI=1S/C60.C20H12N4/c1-2-5-6-3(1)8-12-10-4(1)9-11-7(2)17-21-13(5)23-24-14(6)22-18(8)28-20(12)30-26-16(10)15(9)25-29-19(11)27(17)37-41-31(21)33(23)43-44-34(24)32(22)42-38(28)48-40(30)46-36(26)35(25)45-39(29)47(37)55-49(41)51(43)57-52(44)50(42)56(48)59-54(46)53(45)58(55)60(57)59;1-2-14-10-16-5-6-18(23-16)12-20-8-7-19(24-20)11-17-4-3-15(22-17)9-13(1)21-14/h;1-12H. The molecule has 0 saturated heterocycles. The van der Waals surface area contributed by atoms with Crippen LogP contribution in [0.2, 0.25) is 0 Å². The van der Waals surface area contributed by atoms with E-state index in [4.69, 9.17) is 0 Å². The quantitative estimate of drug-likeness (QED) is 0.136. The third kappa shape index (κ3) is 2.15. The van der Waals surface area contributed by atoms with Crippen molar-refractivity contribution >= 4 is 346 Å². The van der Waals surface area contributed by atoms with Crippen LogP contribution in [0.1, 0.15) is 0 Å². The van der Waals surface area contributed by atoms with Gasteiger partial charge in [0.05, 0.1) is 45.6 Å². The summed E-state index contributed by atoms with van der Waals surface area (Å²) in [5, 5.41) is 100. The predicted molar refractivity (Wildman–Crippen MR) is 359 cm³/mol. The van der Waals surface area contributed by atoms with Crippen LogP contribution in [0.25, 0.3) is 323 Å². The molecule has 5 heterocycles. The summed E-state index contributed by atoms with van der Waals surface area (Å²) in [6.45, 7) is 0. The summed E-state index contributed by atoms with van der Waals surface area (Å²) in [4.78, 5) is 18.4. The average Bonchev–Trinajstić information content (AvgIpc) is 1.40. The maximum absolute atomic E-state index is 4.59. The molecule has 37 rings (SSSR count). The highest BCUT2D eigenvalue weighted by molar-refractivity contribution is 6.85. The Balaban J connectivity index is 0.000000138. The van der Waals surface area contributed by atoms with Crippen LogP contribution < -0.4 is 0 Å². The molecule has 352 valence electrons. The lowest BCUT2D eigenvalue weighted by atomic mass is 9.88. The van der Waals surface area contributed by atoms with E-state index in [9.17, 15) is 0 Å². The number of hydrogen-bond donors (Lipinski definition) is 0. The molecule has 0 aliphatic carbocycles. The second kappa shape index (κ2) is 8.26. The number of fused-ring (bicyclic) bond motifs is 4. The highest BCUT2D eigenvalue weighted by Crippen LogP contribution is 2.80. The fourth-order valence-corrected chi connectivity index (χ4v) is 25.3. The summed E-state index contributed by atoms with van der Waals surface area (Å²) in [5.74, 6) is 0. The zero-order valence-electron chi connectivity index (χ0n) is 42.7. The molecule has 0 unspecified atom stereocenters. The van der Waals surface area contributed by atoms with E-state index in [1.54, 1.807) is 323 Å². The minimum Gasteiger partial charge on any atom is -0.249 e. The zero-order valence-corrected chi connectivity index (χ0v) is 42.7. The monoisotopic (exact) mass is 1030 g/mol. The van der Waals surface area contributed by atoms with Crippen LogP contribution in [0.5, 0.6) is 0 Å². The van der Waals surface area contributed by atoms with Gasteiger partial charge >= 0.3 is 0 Å². The van der Waals surface area contributed by atoms with Crippen molar-refractivity contribution in [3.05, 3.63) is 95.7 Å². The molecule has 0 saturated carbocycles. The Bertz CT molecular complexity index is 5540. The van der Waals surface area contributed by atoms with Gasteiger partial charge in [-0.2, -0.15) is 0 Å². The Labute approximate surface area is 459 Å². The number of benzene rings is 20. The van der Waals surface area contributed by atoms with Gasteiger partial charge in [0.15, 0.2) is 0 Å². The zero-order chi connectivity index (χ0) is 50.6. The number of rotatable bonds is 0. The first-order valence-electron chi connectivity index (χ1n) is 30.2. The van der Waals surface area contributed by atoms with Crippen molar-refractivity contribution in [3.63, 3.8) is 0 Å². The van der Waals surface area contributed by atoms with Crippen LogP contribution >= 0.6 is 0 Å². The molecule has 0 N–H and O–H groups in total. The number of nitrogens with zero attached hydrogens (tertiary/aromatic N) is 4. The lowest BCUT2D eigenvalue weighted by Gasteiger charge is -2.14. The van der Waals surface area contributed by atoms with E-state index < -0.39 is 0 Å². The molecule has 32 aromatic rings. The van der Waals surface area contributed by atoms with Gasteiger partial charge < -0.3 is 0 Å². The second-order valence-electron chi connectivity index (χ2n) is 28.3. The van der Waals surface area contributed by atoms with Crippen molar-refractivity contribution in [2.75, 3.05) is 0 Å². The lowest BCUT2D eigenvalue weighted by molar-refractivity contribution is 1.41. The molecule has 4 heteroatoms. The van der Waals surface area contributed by atoms with Gasteiger partial charge in [0.2, 0.25) is 0 Å². The topological polar surface area (TPSA) is 49.4 Å². The summed E-state index contributed by atoms with van der Waals surface area (Å²) >= 11 is 0. The first kappa shape index (κ1) is 32.9. The summed E-state index contributed by atoms with van der Waals surface area (Å²) in [6.07, 6.45) is 23.8. The van der Waals surface area contributed by atoms with Crippen LogP contribution in [-0.4, -0.2) is 22.8 Å². The fourth-order valence-electron chi connectivity index (χ4n) is 25.3. The fraction of sp³-hybridized carbons (Fsp3) is 0. The summed E-state index contributed by atoms with van der Waals surface area (Å²) in [7, 11) is 0. The van der Waals surface area contributed by atoms with Crippen LogP contribution in [0.4, 0.5) is 0 Å². The molecular weight excluding hydrogens is 1020 g/mol. The smallest absolute Gasteiger partial charge is 0.0659 e. The first-order valence-corrected chi connectivity index (χ1v) is 30.2. The Morgan fingerprint density at radius 1 is 0.107 bits per heavy atom. The van der Waals surface area contributed by atoms with Crippen molar-refractivity contribution in [1.29, 1.82) is 0 Å². The van der Waals surface area contributed by atoms with E-state index in [2.05, 4.69) is 20.0 Å². The Morgan fingerprint density at radius 2 is 0.190 bits per heavy atom. The second-order valence-corrected chi connectivity index (χ2v) is 28.3. The van der Waals surface area contributed by atoms with E-state index in [1.807, 2.05) is 72.9 Å². The van der Waals surface area contributed by atoms with E-state index in [0.717, 1.165) is 45.6 Å². The minimum absolute atomic E-state index is 0.894. The van der Waals surface area contributed by atoms with Gasteiger partial charge in [0.1, 0.15) is 0 Å². The largest absolute Gasteiger partial charge is 0.249 e.